The van der Waals surface area contributed by atoms with Crippen molar-refractivity contribution < 1.29 is 14.0 Å². The molecule has 0 amide bonds. The van der Waals surface area contributed by atoms with Crippen molar-refractivity contribution in [3.05, 3.63) is 29.7 Å². The van der Waals surface area contributed by atoms with E-state index in [9.17, 15) is 0 Å². The molecular formula is C15H18ClN3O3. The highest BCUT2D eigenvalue weighted by Gasteiger charge is 2.30. The fourth-order valence-corrected chi connectivity index (χ4v) is 2.87. The lowest BCUT2D eigenvalue weighted by Gasteiger charge is -2.07. The van der Waals surface area contributed by atoms with Crippen LogP contribution in [0.25, 0.3) is 11.4 Å². The van der Waals surface area contributed by atoms with Gasteiger partial charge in [-0.25, -0.2) is 0 Å². The van der Waals surface area contributed by atoms with Gasteiger partial charge >= 0.3 is 0 Å². The largest absolute Gasteiger partial charge is 0.493 e. The third kappa shape index (κ3) is 2.69. The predicted octanol–water partition coefficient (Wildman–Crippen LogP) is 2.27. The van der Waals surface area contributed by atoms with Gasteiger partial charge in [0.2, 0.25) is 5.82 Å². The van der Waals surface area contributed by atoms with Crippen LogP contribution in [0.2, 0.25) is 0 Å². The summed E-state index contributed by atoms with van der Waals surface area (Å²) in [4.78, 5) is 4.47. The second-order valence-electron chi connectivity index (χ2n) is 5.44. The predicted molar refractivity (Wildman–Crippen MR) is 82.1 cm³/mol. The van der Waals surface area contributed by atoms with E-state index in [1.54, 1.807) is 0 Å². The van der Waals surface area contributed by atoms with Crippen molar-refractivity contribution in [1.82, 2.24) is 10.1 Å². The molecule has 3 heterocycles. The van der Waals surface area contributed by atoms with E-state index >= 15 is 0 Å². The zero-order chi connectivity index (χ0) is 14.2. The van der Waals surface area contributed by atoms with Gasteiger partial charge in [0, 0.05) is 18.5 Å². The van der Waals surface area contributed by atoms with Gasteiger partial charge < -0.3 is 19.7 Å². The van der Waals surface area contributed by atoms with Gasteiger partial charge in [0.1, 0.15) is 11.9 Å². The van der Waals surface area contributed by atoms with Crippen LogP contribution in [0, 0.1) is 0 Å². The molecule has 0 unspecified atom stereocenters. The van der Waals surface area contributed by atoms with Crippen molar-refractivity contribution >= 4 is 12.4 Å². The van der Waals surface area contributed by atoms with Crippen LogP contribution in [0.4, 0.5) is 0 Å². The molecule has 2 N–H and O–H groups in total. The fourth-order valence-electron chi connectivity index (χ4n) is 2.87. The lowest BCUT2D eigenvalue weighted by Crippen LogP contribution is -2.18. The van der Waals surface area contributed by atoms with Gasteiger partial charge in [0.25, 0.3) is 5.89 Å². The molecule has 7 heteroatoms. The van der Waals surface area contributed by atoms with E-state index in [1.807, 2.05) is 12.1 Å². The molecule has 2 aliphatic rings. The Morgan fingerprint density at radius 2 is 2.18 bits per heavy atom. The van der Waals surface area contributed by atoms with Crippen LogP contribution >= 0.6 is 12.4 Å². The summed E-state index contributed by atoms with van der Waals surface area (Å²) < 4.78 is 16.6. The summed E-state index contributed by atoms with van der Waals surface area (Å²) >= 11 is 0. The van der Waals surface area contributed by atoms with Crippen molar-refractivity contribution in [2.75, 3.05) is 13.2 Å². The summed E-state index contributed by atoms with van der Waals surface area (Å²) in [5.74, 6) is 2.09. The maximum Gasteiger partial charge on any atom is 0.256 e. The van der Waals surface area contributed by atoms with E-state index in [2.05, 4.69) is 16.2 Å². The molecule has 0 bridgehead atoms. The molecule has 0 saturated carbocycles. The number of nitrogens with zero attached hydrogens (tertiary/aromatic N) is 2. The van der Waals surface area contributed by atoms with E-state index in [0.717, 1.165) is 37.2 Å². The number of halogens is 1. The highest BCUT2D eigenvalue weighted by molar-refractivity contribution is 5.85. The summed E-state index contributed by atoms with van der Waals surface area (Å²) in [6, 6.07) is 5.98. The van der Waals surface area contributed by atoms with Gasteiger partial charge in [-0.15, -0.1) is 12.4 Å². The van der Waals surface area contributed by atoms with E-state index < -0.39 is 0 Å². The third-order valence-electron chi connectivity index (χ3n) is 4.04. The number of hydrogen-bond donors (Lipinski definition) is 1. The molecular weight excluding hydrogens is 306 g/mol. The minimum Gasteiger partial charge on any atom is -0.493 e. The van der Waals surface area contributed by atoms with E-state index in [4.69, 9.17) is 19.7 Å². The Balaban J connectivity index is 0.00000144. The molecule has 118 valence electrons. The Bertz CT molecular complexity index is 661. The highest BCUT2D eigenvalue weighted by atomic mass is 35.5. The third-order valence-corrected chi connectivity index (χ3v) is 4.04. The number of aromatic nitrogens is 2. The first-order valence-electron chi connectivity index (χ1n) is 7.28. The summed E-state index contributed by atoms with van der Waals surface area (Å²) in [5, 5.41) is 4.07. The molecule has 0 aliphatic carbocycles. The van der Waals surface area contributed by atoms with Gasteiger partial charge in [0.05, 0.1) is 12.7 Å². The average Bonchev–Trinajstić information content (AvgIpc) is 3.24. The number of hydrogen-bond acceptors (Lipinski definition) is 6. The van der Waals surface area contributed by atoms with Crippen molar-refractivity contribution in [2.24, 2.45) is 5.73 Å². The number of fused-ring (bicyclic) bond motifs is 1. The lowest BCUT2D eigenvalue weighted by atomic mass is 10.1. The van der Waals surface area contributed by atoms with Crippen LogP contribution in [-0.4, -0.2) is 29.4 Å². The van der Waals surface area contributed by atoms with Gasteiger partial charge in [-0.1, -0.05) is 5.16 Å². The Hall–Kier alpha value is -1.63. The van der Waals surface area contributed by atoms with Crippen LogP contribution < -0.4 is 10.5 Å². The lowest BCUT2D eigenvalue weighted by molar-refractivity contribution is 0.0307. The Kier molecular flexibility index (Phi) is 4.33. The van der Waals surface area contributed by atoms with Crippen molar-refractivity contribution in [1.29, 1.82) is 0 Å². The molecule has 2 aromatic rings. The Morgan fingerprint density at radius 3 is 3.00 bits per heavy atom. The standard InChI is InChI=1S/C15H17N3O3.ClH/c16-8-11-2-4-13(20-11)15-17-14(18-21-15)10-1-3-12-9(7-10)5-6-19-12;/h1,3,7,11,13H,2,4-6,8,16H2;1H/t11-,13+;/m1./s1. The van der Waals surface area contributed by atoms with E-state index in [1.165, 1.54) is 5.56 Å². The zero-order valence-electron chi connectivity index (χ0n) is 12.0. The summed E-state index contributed by atoms with van der Waals surface area (Å²) in [5.41, 5.74) is 7.76. The molecule has 1 aromatic heterocycles. The van der Waals surface area contributed by atoms with Gasteiger partial charge in [-0.3, -0.25) is 0 Å². The SMILES string of the molecule is Cl.NC[C@H]1CC[C@@H](c2nc(-c3ccc4c(c3)CCO4)no2)O1. The highest BCUT2D eigenvalue weighted by Crippen LogP contribution is 2.33. The van der Waals surface area contributed by atoms with E-state index in [0.29, 0.717) is 18.3 Å². The van der Waals surface area contributed by atoms with Gasteiger partial charge in [-0.05, 0) is 36.6 Å². The molecule has 1 saturated heterocycles. The number of nitrogens with two attached hydrogens (primary N) is 1. The average molecular weight is 324 g/mol. The molecule has 2 atom stereocenters. The number of rotatable bonds is 3. The zero-order valence-corrected chi connectivity index (χ0v) is 12.8. The van der Waals surface area contributed by atoms with Crippen molar-refractivity contribution in [3.8, 4) is 17.1 Å². The fraction of sp³-hybridized carbons (Fsp3) is 0.467. The number of benzene rings is 1. The maximum absolute atomic E-state index is 5.78. The molecule has 1 aromatic carbocycles. The normalized spacial score (nSPS) is 23.0. The quantitative estimate of drug-likeness (QED) is 0.933. The van der Waals surface area contributed by atoms with Crippen LogP contribution in [0.5, 0.6) is 5.75 Å². The first-order chi connectivity index (χ1) is 10.3. The molecule has 2 aliphatic heterocycles. The van der Waals surface area contributed by atoms with Crippen molar-refractivity contribution in [3.63, 3.8) is 0 Å². The van der Waals surface area contributed by atoms with Crippen LogP contribution in [0.3, 0.4) is 0 Å². The second kappa shape index (κ2) is 6.24. The Morgan fingerprint density at radius 1 is 1.27 bits per heavy atom. The molecule has 0 radical (unpaired) electrons. The van der Waals surface area contributed by atoms with Gasteiger partial charge in [-0.2, -0.15) is 4.98 Å². The Labute approximate surface area is 134 Å². The minimum atomic E-state index is -0.127. The van der Waals surface area contributed by atoms with Crippen LogP contribution in [0.1, 0.15) is 30.4 Å². The molecule has 22 heavy (non-hydrogen) atoms. The summed E-state index contributed by atoms with van der Waals surface area (Å²) in [7, 11) is 0. The van der Waals surface area contributed by atoms with Gasteiger partial charge in [0.15, 0.2) is 0 Å². The van der Waals surface area contributed by atoms with Crippen LogP contribution in [-0.2, 0) is 11.2 Å². The summed E-state index contributed by atoms with van der Waals surface area (Å²) in [6.45, 7) is 1.27. The monoisotopic (exact) mass is 323 g/mol. The number of ether oxygens (including phenoxy) is 2. The van der Waals surface area contributed by atoms with Crippen molar-refractivity contribution in [2.45, 2.75) is 31.5 Å². The van der Waals surface area contributed by atoms with E-state index in [-0.39, 0.29) is 24.6 Å². The maximum atomic E-state index is 5.78. The second-order valence-corrected chi connectivity index (χ2v) is 5.44. The molecule has 0 spiro atoms. The minimum absolute atomic E-state index is 0. The van der Waals surface area contributed by atoms with Crippen LogP contribution in [0.15, 0.2) is 22.7 Å². The molecule has 4 rings (SSSR count). The summed E-state index contributed by atoms with van der Waals surface area (Å²) in [6.07, 6.45) is 2.72. The smallest absolute Gasteiger partial charge is 0.256 e. The molecule has 6 nitrogen and oxygen atoms in total. The first kappa shape index (κ1) is 15.3. The first-order valence-corrected chi connectivity index (χ1v) is 7.28. The topological polar surface area (TPSA) is 83.4 Å². The molecule has 1 fully saturated rings.